The van der Waals surface area contributed by atoms with Crippen LogP contribution in [0.3, 0.4) is 0 Å². The fourth-order valence-corrected chi connectivity index (χ4v) is 2.38. The van der Waals surface area contributed by atoms with E-state index in [0.29, 0.717) is 12.1 Å². The molecule has 1 aliphatic rings. The lowest BCUT2D eigenvalue weighted by atomic mass is 10.0. The highest BCUT2D eigenvalue weighted by Crippen LogP contribution is 2.24. The Hall–Kier alpha value is -0.870. The van der Waals surface area contributed by atoms with Gasteiger partial charge < -0.3 is 14.6 Å². The summed E-state index contributed by atoms with van der Waals surface area (Å²) in [4.78, 5) is 4.27. The minimum absolute atomic E-state index is 0.353. The number of ether oxygens (including phenoxy) is 1. The second-order valence-corrected chi connectivity index (χ2v) is 4.53. The summed E-state index contributed by atoms with van der Waals surface area (Å²) in [7, 11) is 1.74. The second kappa shape index (κ2) is 5.46. The molecule has 0 aliphatic carbocycles. The minimum atomic E-state index is 0.353. The van der Waals surface area contributed by atoms with E-state index in [1.165, 1.54) is 25.0 Å². The summed E-state index contributed by atoms with van der Waals surface area (Å²) in [5, 5.41) is 3.56. The Balaban J connectivity index is 2.11. The highest BCUT2D eigenvalue weighted by atomic mass is 16.5. The topological polar surface area (TPSA) is 39.1 Å². The van der Waals surface area contributed by atoms with E-state index in [1.807, 2.05) is 12.5 Å². The van der Waals surface area contributed by atoms with Crippen molar-refractivity contribution in [2.75, 3.05) is 20.3 Å². The molecule has 1 aromatic heterocycles. The number of methoxy groups -OCH3 is 1. The van der Waals surface area contributed by atoms with Crippen molar-refractivity contribution in [1.82, 2.24) is 14.9 Å². The van der Waals surface area contributed by atoms with Crippen molar-refractivity contribution < 1.29 is 4.74 Å². The van der Waals surface area contributed by atoms with Crippen LogP contribution in [0.4, 0.5) is 0 Å². The van der Waals surface area contributed by atoms with Crippen LogP contribution in [0.25, 0.3) is 0 Å². The molecule has 2 atom stereocenters. The molecule has 1 N–H and O–H groups in total. The van der Waals surface area contributed by atoms with E-state index in [0.717, 1.165) is 13.2 Å². The molecule has 90 valence electrons. The summed E-state index contributed by atoms with van der Waals surface area (Å²) in [5.74, 6) is 0. The fourth-order valence-electron chi connectivity index (χ4n) is 2.38. The fraction of sp³-hybridized carbons (Fsp3) is 0.750. The molecule has 2 rings (SSSR count). The van der Waals surface area contributed by atoms with Gasteiger partial charge in [-0.2, -0.15) is 0 Å². The van der Waals surface area contributed by atoms with Crippen LogP contribution in [0, 0.1) is 0 Å². The number of piperidine rings is 1. The van der Waals surface area contributed by atoms with Crippen LogP contribution in [0.2, 0.25) is 0 Å². The lowest BCUT2D eigenvalue weighted by Crippen LogP contribution is -2.29. The molecule has 1 aromatic rings. The third-order valence-electron chi connectivity index (χ3n) is 3.25. The van der Waals surface area contributed by atoms with E-state index in [9.17, 15) is 0 Å². The summed E-state index contributed by atoms with van der Waals surface area (Å²) in [6, 6.07) is 0.821. The number of nitrogens with zero attached hydrogens (tertiary/aromatic N) is 2. The lowest BCUT2D eigenvalue weighted by Gasteiger charge is -2.26. The summed E-state index contributed by atoms with van der Waals surface area (Å²) in [6.45, 7) is 4.02. The first kappa shape index (κ1) is 11.6. The van der Waals surface area contributed by atoms with Gasteiger partial charge in [0.05, 0.1) is 24.7 Å². The van der Waals surface area contributed by atoms with Gasteiger partial charge in [0.1, 0.15) is 0 Å². The predicted octanol–water partition coefficient (Wildman–Crippen LogP) is 1.91. The van der Waals surface area contributed by atoms with Gasteiger partial charge in [0.25, 0.3) is 0 Å². The smallest absolute Gasteiger partial charge is 0.0952 e. The Labute approximate surface area is 97.0 Å². The Morgan fingerprint density at radius 2 is 2.50 bits per heavy atom. The lowest BCUT2D eigenvalue weighted by molar-refractivity contribution is 0.159. The summed E-state index contributed by atoms with van der Waals surface area (Å²) in [5.41, 5.74) is 1.30. The zero-order valence-corrected chi connectivity index (χ0v) is 10.1. The average Bonchev–Trinajstić information content (AvgIpc) is 2.79. The first-order chi connectivity index (χ1) is 7.83. The maximum atomic E-state index is 5.20. The maximum Gasteiger partial charge on any atom is 0.0952 e. The van der Waals surface area contributed by atoms with Crippen LogP contribution in [0.15, 0.2) is 12.5 Å². The van der Waals surface area contributed by atoms with Crippen molar-refractivity contribution in [2.45, 2.75) is 38.3 Å². The zero-order valence-electron chi connectivity index (χ0n) is 10.1. The van der Waals surface area contributed by atoms with Gasteiger partial charge in [0.15, 0.2) is 0 Å². The molecule has 0 saturated carbocycles. The van der Waals surface area contributed by atoms with Crippen molar-refractivity contribution >= 4 is 0 Å². The molecule has 0 spiro atoms. The maximum absolute atomic E-state index is 5.20. The van der Waals surface area contributed by atoms with Crippen LogP contribution in [0.5, 0.6) is 0 Å². The highest BCUT2D eigenvalue weighted by Gasteiger charge is 2.20. The number of rotatable bonds is 4. The molecule has 4 nitrogen and oxygen atoms in total. The quantitative estimate of drug-likeness (QED) is 0.847. The first-order valence-corrected chi connectivity index (χ1v) is 6.07. The number of hydrogen-bond acceptors (Lipinski definition) is 3. The molecular weight excluding hydrogens is 202 g/mol. The molecule has 2 heterocycles. The van der Waals surface area contributed by atoms with E-state index >= 15 is 0 Å². The Morgan fingerprint density at radius 1 is 1.62 bits per heavy atom. The largest absolute Gasteiger partial charge is 0.383 e. The average molecular weight is 223 g/mol. The summed E-state index contributed by atoms with van der Waals surface area (Å²) >= 11 is 0. The molecular formula is C12H21N3O. The Morgan fingerprint density at radius 3 is 3.19 bits per heavy atom. The van der Waals surface area contributed by atoms with E-state index in [1.54, 1.807) is 7.11 Å². The standard InChI is InChI=1S/C12H21N3O/c1-10(8-16-2)15-9-13-7-12(15)11-5-3-4-6-14-11/h7,9-11,14H,3-6,8H2,1-2H3. The monoisotopic (exact) mass is 223 g/mol. The van der Waals surface area contributed by atoms with E-state index in [2.05, 4.69) is 21.8 Å². The third-order valence-corrected chi connectivity index (χ3v) is 3.25. The van der Waals surface area contributed by atoms with Gasteiger partial charge >= 0.3 is 0 Å². The van der Waals surface area contributed by atoms with Gasteiger partial charge in [0, 0.05) is 19.3 Å². The Bertz CT molecular complexity index is 318. The van der Waals surface area contributed by atoms with Crippen LogP contribution in [-0.4, -0.2) is 29.8 Å². The van der Waals surface area contributed by atoms with Gasteiger partial charge in [-0.25, -0.2) is 4.98 Å². The molecule has 1 fully saturated rings. The normalized spacial score (nSPS) is 23.2. The van der Waals surface area contributed by atoms with E-state index in [4.69, 9.17) is 4.74 Å². The molecule has 0 aromatic carbocycles. The predicted molar refractivity (Wildman–Crippen MR) is 63.4 cm³/mol. The van der Waals surface area contributed by atoms with Crippen molar-refractivity contribution in [3.05, 3.63) is 18.2 Å². The van der Waals surface area contributed by atoms with Crippen molar-refractivity contribution in [3.8, 4) is 0 Å². The zero-order chi connectivity index (χ0) is 11.4. The molecule has 0 radical (unpaired) electrons. The van der Waals surface area contributed by atoms with Crippen LogP contribution >= 0.6 is 0 Å². The number of aromatic nitrogens is 2. The second-order valence-electron chi connectivity index (χ2n) is 4.53. The van der Waals surface area contributed by atoms with E-state index < -0.39 is 0 Å². The molecule has 2 unspecified atom stereocenters. The summed E-state index contributed by atoms with van der Waals surface area (Å²) in [6.07, 6.45) is 7.70. The molecule has 0 bridgehead atoms. The van der Waals surface area contributed by atoms with Gasteiger partial charge in [-0.3, -0.25) is 0 Å². The summed E-state index contributed by atoms with van der Waals surface area (Å²) < 4.78 is 7.43. The van der Waals surface area contributed by atoms with Crippen LogP contribution in [-0.2, 0) is 4.74 Å². The number of hydrogen-bond donors (Lipinski definition) is 1. The number of imidazole rings is 1. The van der Waals surface area contributed by atoms with Crippen molar-refractivity contribution in [2.24, 2.45) is 0 Å². The van der Waals surface area contributed by atoms with E-state index in [-0.39, 0.29) is 0 Å². The molecule has 4 heteroatoms. The molecule has 16 heavy (non-hydrogen) atoms. The van der Waals surface area contributed by atoms with Crippen LogP contribution in [0.1, 0.15) is 44.0 Å². The molecule has 1 aliphatic heterocycles. The minimum Gasteiger partial charge on any atom is -0.383 e. The first-order valence-electron chi connectivity index (χ1n) is 6.07. The SMILES string of the molecule is COCC(C)n1cncc1C1CCCCN1. The van der Waals surface area contributed by atoms with Crippen LogP contribution < -0.4 is 5.32 Å². The molecule has 1 saturated heterocycles. The third kappa shape index (κ3) is 2.44. The highest BCUT2D eigenvalue weighted by molar-refractivity contribution is 5.07. The van der Waals surface area contributed by atoms with Gasteiger partial charge in [0.2, 0.25) is 0 Å². The Kier molecular flexibility index (Phi) is 3.96. The van der Waals surface area contributed by atoms with Gasteiger partial charge in [-0.1, -0.05) is 6.42 Å². The molecule has 0 amide bonds. The van der Waals surface area contributed by atoms with Gasteiger partial charge in [-0.15, -0.1) is 0 Å². The van der Waals surface area contributed by atoms with Crippen molar-refractivity contribution in [1.29, 1.82) is 0 Å². The number of nitrogens with one attached hydrogen (secondary N) is 1. The van der Waals surface area contributed by atoms with Crippen molar-refractivity contribution in [3.63, 3.8) is 0 Å². The van der Waals surface area contributed by atoms with Gasteiger partial charge in [-0.05, 0) is 26.3 Å².